The van der Waals surface area contributed by atoms with Crippen LogP contribution in [0, 0.1) is 5.92 Å². The van der Waals surface area contributed by atoms with E-state index in [1.54, 1.807) is 18.2 Å². The van der Waals surface area contributed by atoms with Gasteiger partial charge in [0.2, 0.25) is 15.9 Å². The Balaban J connectivity index is 2.41. The molecule has 0 spiro atoms. The molecule has 1 aromatic rings. The maximum absolute atomic E-state index is 11.8. The van der Waals surface area contributed by atoms with E-state index in [1.165, 1.54) is 0 Å². The van der Waals surface area contributed by atoms with Crippen molar-refractivity contribution >= 4 is 27.3 Å². The molecule has 0 aliphatic carbocycles. The number of hydrogen-bond acceptors (Lipinski definition) is 3. The molecule has 98 valence electrons. The molecule has 1 aliphatic rings. The molecule has 1 heterocycles. The van der Waals surface area contributed by atoms with E-state index in [0.717, 1.165) is 17.5 Å². The number of benzene rings is 1. The summed E-state index contributed by atoms with van der Waals surface area (Å²) in [6.07, 6.45) is 1.10. The second-order valence-electron chi connectivity index (χ2n) is 4.89. The first kappa shape index (κ1) is 12.9. The van der Waals surface area contributed by atoms with Gasteiger partial charge in [-0.1, -0.05) is 13.8 Å². The monoisotopic (exact) mass is 268 g/mol. The summed E-state index contributed by atoms with van der Waals surface area (Å²) in [6.45, 7) is 3.94. The summed E-state index contributed by atoms with van der Waals surface area (Å²) in [5.41, 5.74) is 2.10. The highest BCUT2D eigenvalue weighted by Gasteiger charge is 2.33. The van der Waals surface area contributed by atoms with Crippen LogP contribution in [-0.2, 0) is 14.8 Å². The number of fused-ring (bicyclic) bond motifs is 1. The van der Waals surface area contributed by atoms with Crippen LogP contribution in [0.25, 0.3) is 0 Å². The zero-order chi connectivity index (χ0) is 13.5. The van der Waals surface area contributed by atoms with Crippen LogP contribution in [0.3, 0.4) is 0 Å². The average molecular weight is 268 g/mol. The number of hydrogen-bond donors (Lipinski definition) is 2. The molecular formula is C12H16N2O3S. The Kier molecular flexibility index (Phi) is 3.06. The number of anilines is 2. The van der Waals surface area contributed by atoms with Crippen molar-refractivity contribution < 1.29 is 13.2 Å². The number of carbonyl (C=O) groups excluding carboxylic acids is 1. The Hall–Kier alpha value is -1.56. The molecule has 18 heavy (non-hydrogen) atoms. The van der Waals surface area contributed by atoms with Gasteiger partial charge in [0.1, 0.15) is 0 Å². The first-order valence-corrected chi connectivity index (χ1v) is 7.59. The quantitative estimate of drug-likeness (QED) is 0.877. The fraction of sp³-hybridized carbons (Fsp3) is 0.417. The smallest absolute Gasteiger partial charge is 0.232 e. The van der Waals surface area contributed by atoms with Crippen LogP contribution in [0.1, 0.15) is 25.3 Å². The van der Waals surface area contributed by atoms with Gasteiger partial charge in [-0.2, -0.15) is 0 Å². The zero-order valence-corrected chi connectivity index (χ0v) is 11.3. The molecule has 5 nitrogen and oxygen atoms in total. The van der Waals surface area contributed by atoms with Crippen LogP contribution in [0.5, 0.6) is 0 Å². The average Bonchev–Trinajstić information content (AvgIpc) is 2.50. The standard InChI is InChI=1S/C12H16N2O3S/c1-7(2)11-9-6-8(14-18(3,16)17)4-5-10(9)13-12(11)15/h4-7,11,14H,1-3H3,(H,13,15). The second kappa shape index (κ2) is 4.28. The number of carbonyl (C=O) groups is 1. The Morgan fingerprint density at radius 2 is 2.00 bits per heavy atom. The third kappa shape index (κ3) is 2.48. The summed E-state index contributed by atoms with van der Waals surface area (Å²) in [5.74, 6) is -0.0856. The van der Waals surface area contributed by atoms with Crippen molar-refractivity contribution in [3.63, 3.8) is 0 Å². The molecule has 1 aromatic carbocycles. The Morgan fingerprint density at radius 1 is 1.33 bits per heavy atom. The molecule has 1 amide bonds. The lowest BCUT2D eigenvalue weighted by atomic mass is 9.89. The first-order chi connectivity index (χ1) is 8.28. The third-order valence-electron chi connectivity index (χ3n) is 2.90. The molecule has 0 radical (unpaired) electrons. The highest BCUT2D eigenvalue weighted by Crippen LogP contribution is 2.38. The molecule has 1 unspecified atom stereocenters. The van der Waals surface area contributed by atoms with E-state index in [-0.39, 0.29) is 17.7 Å². The van der Waals surface area contributed by atoms with Crippen LogP contribution < -0.4 is 10.0 Å². The van der Waals surface area contributed by atoms with Gasteiger partial charge in [0.05, 0.1) is 12.2 Å². The third-order valence-corrected chi connectivity index (χ3v) is 3.50. The van der Waals surface area contributed by atoms with Crippen LogP contribution in [0.4, 0.5) is 11.4 Å². The minimum atomic E-state index is -3.30. The molecular weight excluding hydrogens is 252 g/mol. The van der Waals surface area contributed by atoms with E-state index in [4.69, 9.17) is 0 Å². The summed E-state index contributed by atoms with van der Waals surface area (Å²) >= 11 is 0. The van der Waals surface area contributed by atoms with Gasteiger partial charge >= 0.3 is 0 Å². The van der Waals surface area contributed by atoms with E-state index in [9.17, 15) is 13.2 Å². The van der Waals surface area contributed by atoms with Gasteiger partial charge in [0.25, 0.3) is 0 Å². The van der Waals surface area contributed by atoms with Crippen molar-refractivity contribution in [2.45, 2.75) is 19.8 Å². The van der Waals surface area contributed by atoms with Gasteiger partial charge in [-0.25, -0.2) is 8.42 Å². The predicted octanol–water partition coefficient (Wildman–Crippen LogP) is 1.75. The van der Waals surface area contributed by atoms with Gasteiger partial charge in [0.15, 0.2) is 0 Å². The van der Waals surface area contributed by atoms with Gasteiger partial charge < -0.3 is 5.32 Å². The summed E-state index contributed by atoms with van der Waals surface area (Å²) in [7, 11) is -3.30. The molecule has 1 aliphatic heterocycles. The van der Waals surface area contributed by atoms with E-state index >= 15 is 0 Å². The normalized spacial score (nSPS) is 18.7. The lowest BCUT2D eigenvalue weighted by molar-refractivity contribution is -0.117. The van der Waals surface area contributed by atoms with Crippen LogP contribution in [0.2, 0.25) is 0 Å². The van der Waals surface area contributed by atoms with Crippen molar-refractivity contribution in [3.05, 3.63) is 23.8 Å². The molecule has 6 heteroatoms. The van der Waals surface area contributed by atoms with Crippen molar-refractivity contribution in [1.82, 2.24) is 0 Å². The number of sulfonamides is 1. The van der Waals surface area contributed by atoms with Crippen molar-refractivity contribution in [1.29, 1.82) is 0 Å². The van der Waals surface area contributed by atoms with Crippen LogP contribution in [0.15, 0.2) is 18.2 Å². The van der Waals surface area contributed by atoms with Crippen LogP contribution in [-0.4, -0.2) is 20.6 Å². The van der Waals surface area contributed by atoms with Gasteiger partial charge in [-0.05, 0) is 29.7 Å². The number of amides is 1. The molecule has 2 N–H and O–H groups in total. The molecule has 0 fully saturated rings. The minimum Gasteiger partial charge on any atom is -0.325 e. The summed E-state index contributed by atoms with van der Waals surface area (Å²) in [5, 5.41) is 2.80. The lowest BCUT2D eigenvalue weighted by Crippen LogP contribution is -2.16. The fourth-order valence-corrected chi connectivity index (χ4v) is 2.78. The lowest BCUT2D eigenvalue weighted by Gasteiger charge is -2.13. The Labute approximate surface area is 107 Å². The van der Waals surface area contributed by atoms with Crippen LogP contribution >= 0.6 is 0 Å². The van der Waals surface area contributed by atoms with Gasteiger partial charge in [-0.3, -0.25) is 9.52 Å². The molecule has 0 saturated carbocycles. The highest BCUT2D eigenvalue weighted by molar-refractivity contribution is 7.92. The first-order valence-electron chi connectivity index (χ1n) is 5.70. The van der Waals surface area contributed by atoms with E-state index in [0.29, 0.717) is 5.69 Å². The van der Waals surface area contributed by atoms with Crippen molar-refractivity contribution in [3.8, 4) is 0 Å². The molecule has 0 saturated heterocycles. The maximum atomic E-state index is 11.8. The van der Waals surface area contributed by atoms with Crippen molar-refractivity contribution in [2.75, 3.05) is 16.3 Å². The molecule has 2 rings (SSSR count). The summed E-state index contributed by atoms with van der Waals surface area (Å²) in [6, 6.07) is 5.09. The van der Waals surface area contributed by atoms with E-state index in [2.05, 4.69) is 10.0 Å². The van der Waals surface area contributed by atoms with Gasteiger partial charge in [0, 0.05) is 11.4 Å². The number of rotatable bonds is 3. The largest absolute Gasteiger partial charge is 0.325 e. The second-order valence-corrected chi connectivity index (χ2v) is 6.64. The molecule has 1 atom stereocenters. The Bertz CT molecular complexity index is 593. The highest BCUT2D eigenvalue weighted by atomic mass is 32.2. The predicted molar refractivity (Wildman–Crippen MR) is 71.1 cm³/mol. The van der Waals surface area contributed by atoms with Gasteiger partial charge in [-0.15, -0.1) is 0 Å². The minimum absolute atomic E-state index is 0.0310. The molecule has 0 bridgehead atoms. The maximum Gasteiger partial charge on any atom is 0.232 e. The summed E-state index contributed by atoms with van der Waals surface area (Å²) < 4.78 is 24.8. The zero-order valence-electron chi connectivity index (χ0n) is 10.5. The van der Waals surface area contributed by atoms with E-state index in [1.807, 2.05) is 13.8 Å². The number of nitrogens with one attached hydrogen (secondary N) is 2. The summed E-state index contributed by atoms with van der Waals surface area (Å²) in [4.78, 5) is 11.8. The van der Waals surface area contributed by atoms with E-state index < -0.39 is 10.0 Å². The molecule has 0 aromatic heterocycles. The Morgan fingerprint density at radius 3 is 2.56 bits per heavy atom. The van der Waals surface area contributed by atoms with Crippen molar-refractivity contribution in [2.24, 2.45) is 5.92 Å². The topological polar surface area (TPSA) is 75.3 Å². The fourth-order valence-electron chi connectivity index (χ4n) is 2.23. The SMILES string of the molecule is CC(C)C1C(=O)Nc2ccc(NS(C)(=O)=O)cc21.